The second kappa shape index (κ2) is 5.70. The number of anilines is 2. The van der Waals surface area contributed by atoms with E-state index in [4.69, 9.17) is 26.8 Å². The molecule has 1 aromatic carbocycles. The number of aromatic nitrogens is 2. The van der Waals surface area contributed by atoms with Crippen LogP contribution < -0.4 is 20.5 Å². The number of nitrogens with two attached hydrogens (primary N) is 1. The van der Waals surface area contributed by atoms with Crippen LogP contribution >= 0.6 is 11.6 Å². The fourth-order valence-electron chi connectivity index (χ4n) is 1.62. The fourth-order valence-corrected chi connectivity index (χ4v) is 1.86. The number of ether oxygens (including phenoxy) is 2. The first-order valence-electron chi connectivity index (χ1n) is 5.58. The highest BCUT2D eigenvalue weighted by Gasteiger charge is 2.16. The second-order valence-electron chi connectivity index (χ2n) is 3.84. The van der Waals surface area contributed by atoms with Gasteiger partial charge >= 0.3 is 0 Å². The minimum atomic E-state index is -0.418. The molecule has 0 atom stereocenters. The molecule has 8 heteroatoms. The molecule has 2 rings (SSSR count). The van der Waals surface area contributed by atoms with Crippen molar-refractivity contribution in [2.24, 2.45) is 0 Å². The molecule has 106 valence electrons. The van der Waals surface area contributed by atoms with Gasteiger partial charge in [-0.05, 0) is 0 Å². The lowest BCUT2D eigenvalue weighted by Crippen LogP contribution is -2.13. The van der Waals surface area contributed by atoms with Crippen molar-refractivity contribution in [3.63, 3.8) is 0 Å². The lowest BCUT2D eigenvalue weighted by Gasteiger charge is -2.12. The van der Waals surface area contributed by atoms with E-state index in [-0.39, 0.29) is 11.4 Å². The Kier molecular flexibility index (Phi) is 3.99. The Morgan fingerprint density at radius 1 is 1.35 bits per heavy atom. The number of nitrogens with one attached hydrogen (secondary N) is 2. The van der Waals surface area contributed by atoms with Crippen molar-refractivity contribution in [1.29, 1.82) is 0 Å². The molecule has 0 unspecified atom stereocenters. The number of H-pyrrole nitrogens is 1. The average Bonchev–Trinajstić information content (AvgIpc) is 2.86. The number of halogens is 1. The first kappa shape index (κ1) is 14.0. The zero-order chi connectivity index (χ0) is 14.7. The number of rotatable bonds is 4. The number of nitrogens with zero attached hydrogens (tertiary/aromatic N) is 1. The molecule has 0 radical (unpaired) electrons. The van der Waals surface area contributed by atoms with Crippen molar-refractivity contribution in [2.75, 3.05) is 25.3 Å². The summed E-state index contributed by atoms with van der Waals surface area (Å²) in [5.41, 5.74) is 6.24. The minimum absolute atomic E-state index is 0.183. The molecule has 0 saturated heterocycles. The van der Waals surface area contributed by atoms with Gasteiger partial charge in [0.15, 0.2) is 0 Å². The van der Waals surface area contributed by atoms with E-state index in [1.165, 1.54) is 20.4 Å². The van der Waals surface area contributed by atoms with Crippen molar-refractivity contribution in [3.8, 4) is 11.5 Å². The molecular weight excluding hydrogens is 284 g/mol. The zero-order valence-corrected chi connectivity index (χ0v) is 11.6. The topological polar surface area (TPSA) is 102 Å². The van der Waals surface area contributed by atoms with Gasteiger partial charge in [0.2, 0.25) is 0 Å². The van der Waals surface area contributed by atoms with Crippen LogP contribution in [0.4, 0.5) is 11.5 Å². The van der Waals surface area contributed by atoms with Gasteiger partial charge in [-0.2, -0.15) is 5.10 Å². The second-order valence-corrected chi connectivity index (χ2v) is 4.25. The van der Waals surface area contributed by atoms with Gasteiger partial charge in [-0.1, -0.05) is 11.6 Å². The number of carbonyl (C=O) groups excluding carboxylic acids is 1. The maximum atomic E-state index is 12.1. The van der Waals surface area contributed by atoms with Crippen molar-refractivity contribution in [2.45, 2.75) is 0 Å². The lowest BCUT2D eigenvalue weighted by atomic mass is 10.2. The minimum Gasteiger partial charge on any atom is -0.495 e. The Bertz CT molecular complexity index is 642. The zero-order valence-electron chi connectivity index (χ0n) is 10.9. The summed E-state index contributed by atoms with van der Waals surface area (Å²) in [4.78, 5) is 12.1. The molecule has 0 saturated carbocycles. The van der Waals surface area contributed by atoms with Crippen molar-refractivity contribution < 1.29 is 14.3 Å². The van der Waals surface area contributed by atoms with Gasteiger partial charge in [0, 0.05) is 12.1 Å². The molecular formula is C12H13ClN4O3. The van der Waals surface area contributed by atoms with Crippen LogP contribution in [0.25, 0.3) is 0 Å². The molecule has 0 aliphatic heterocycles. The van der Waals surface area contributed by atoms with E-state index in [1.807, 2.05) is 0 Å². The highest BCUT2D eigenvalue weighted by atomic mass is 35.5. The third-order valence-corrected chi connectivity index (χ3v) is 2.93. The molecule has 1 heterocycles. The molecule has 4 N–H and O–H groups in total. The lowest BCUT2D eigenvalue weighted by molar-refractivity contribution is 0.102. The monoisotopic (exact) mass is 296 g/mol. The summed E-state index contributed by atoms with van der Waals surface area (Å²) in [5, 5.41) is 9.22. The third-order valence-electron chi connectivity index (χ3n) is 2.64. The number of aromatic amines is 1. The van der Waals surface area contributed by atoms with Crippen molar-refractivity contribution in [3.05, 3.63) is 28.9 Å². The smallest absolute Gasteiger partial charge is 0.261 e. The summed E-state index contributed by atoms with van der Waals surface area (Å²) in [7, 11) is 2.95. The number of methoxy groups -OCH3 is 2. The van der Waals surface area contributed by atoms with E-state index in [0.717, 1.165) is 0 Å². The molecule has 2 aromatic rings. The molecule has 0 aliphatic rings. The first-order valence-corrected chi connectivity index (χ1v) is 5.96. The summed E-state index contributed by atoms with van der Waals surface area (Å²) >= 11 is 5.99. The van der Waals surface area contributed by atoms with Gasteiger partial charge in [0.1, 0.15) is 22.9 Å². The van der Waals surface area contributed by atoms with E-state index in [9.17, 15) is 4.79 Å². The van der Waals surface area contributed by atoms with E-state index in [1.54, 1.807) is 12.1 Å². The summed E-state index contributed by atoms with van der Waals surface area (Å²) in [5.74, 6) is 0.593. The summed E-state index contributed by atoms with van der Waals surface area (Å²) < 4.78 is 10.3. The van der Waals surface area contributed by atoms with Crippen molar-refractivity contribution >= 4 is 29.0 Å². The molecule has 0 bridgehead atoms. The van der Waals surface area contributed by atoms with E-state index in [0.29, 0.717) is 22.2 Å². The summed E-state index contributed by atoms with van der Waals surface area (Å²) in [6.45, 7) is 0. The number of hydrogen-bond acceptors (Lipinski definition) is 5. The highest BCUT2D eigenvalue weighted by Crippen LogP contribution is 2.36. The Morgan fingerprint density at radius 3 is 2.60 bits per heavy atom. The van der Waals surface area contributed by atoms with E-state index >= 15 is 0 Å². The van der Waals surface area contributed by atoms with Crippen LogP contribution in [0.5, 0.6) is 11.5 Å². The Labute approximate surface area is 120 Å². The van der Waals surface area contributed by atoms with Crippen LogP contribution in [0, 0.1) is 0 Å². The van der Waals surface area contributed by atoms with Crippen LogP contribution in [-0.4, -0.2) is 30.3 Å². The summed E-state index contributed by atoms with van der Waals surface area (Å²) in [6.07, 6.45) is 1.34. The SMILES string of the molecule is COc1cc(NC(=O)c2cn[nH]c2N)c(OC)cc1Cl. The maximum Gasteiger partial charge on any atom is 0.261 e. The fraction of sp³-hybridized carbons (Fsp3) is 0.167. The van der Waals surface area contributed by atoms with Crippen LogP contribution in [-0.2, 0) is 0 Å². The number of nitrogen functional groups attached to an aromatic ring is 1. The number of hydrogen-bond donors (Lipinski definition) is 3. The molecule has 7 nitrogen and oxygen atoms in total. The third kappa shape index (κ3) is 2.62. The number of amides is 1. The largest absolute Gasteiger partial charge is 0.495 e. The van der Waals surface area contributed by atoms with Gasteiger partial charge in [0.05, 0.1) is 31.1 Å². The standard InChI is InChI=1S/C12H13ClN4O3/c1-19-9-4-8(10(20-2)3-7(9)13)16-12(18)6-5-15-17-11(6)14/h3-5H,1-2H3,(H,16,18)(H3,14,15,17). The molecule has 1 amide bonds. The van der Waals surface area contributed by atoms with Gasteiger partial charge in [0.25, 0.3) is 5.91 Å². The van der Waals surface area contributed by atoms with Gasteiger partial charge in [-0.15, -0.1) is 0 Å². The normalized spacial score (nSPS) is 10.2. The molecule has 1 aromatic heterocycles. The van der Waals surface area contributed by atoms with Crippen LogP contribution in [0.15, 0.2) is 18.3 Å². The van der Waals surface area contributed by atoms with Gasteiger partial charge < -0.3 is 20.5 Å². The predicted octanol–water partition coefficient (Wildman–Crippen LogP) is 1.91. The highest BCUT2D eigenvalue weighted by molar-refractivity contribution is 6.32. The van der Waals surface area contributed by atoms with Crippen molar-refractivity contribution in [1.82, 2.24) is 10.2 Å². The van der Waals surface area contributed by atoms with Gasteiger partial charge in [-0.25, -0.2) is 0 Å². The van der Waals surface area contributed by atoms with Crippen LogP contribution in [0.2, 0.25) is 5.02 Å². The average molecular weight is 297 g/mol. The molecule has 0 spiro atoms. The molecule has 20 heavy (non-hydrogen) atoms. The first-order chi connectivity index (χ1) is 9.56. The van der Waals surface area contributed by atoms with Crippen LogP contribution in [0.1, 0.15) is 10.4 Å². The Morgan fingerprint density at radius 2 is 2.05 bits per heavy atom. The Hall–Kier alpha value is -2.41. The number of benzene rings is 1. The van der Waals surface area contributed by atoms with E-state index < -0.39 is 5.91 Å². The molecule has 0 fully saturated rings. The van der Waals surface area contributed by atoms with Gasteiger partial charge in [-0.3, -0.25) is 9.89 Å². The van der Waals surface area contributed by atoms with E-state index in [2.05, 4.69) is 15.5 Å². The Balaban J connectivity index is 2.33. The van der Waals surface area contributed by atoms with Crippen LogP contribution in [0.3, 0.4) is 0 Å². The number of carbonyl (C=O) groups is 1. The maximum absolute atomic E-state index is 12.1. The quantitative estimate of drug-likeness (QED) is 0.800. The molecule has 0 aliphatic carbocycles. The summed E-state index contributed by atoms with van der Waals surface area (Å²) in [6, 6.07) is 3.12. The predicted molar refractivity (Wildman–Crippen MR) is 75.5 cm³/mol.